The van der Waals surface area contributed by atoms with Gasteiger partial charge in [0.2, 0.25) is 0 Å². The molecule has 1 saturated carbocycles. The monoisotopic (exact) mass is 334 g/mol. The summed E-state index contributed by atoms with van der Waals surface area (Å²) in [7, 11) is 0. The summed E-state index contributed by atoms with van der Waals surface area (Å²) >= 11 is 0. The molecule has 1 rings (SSSR count). The van der Waals surface area contributed by atoms with E-state index in [1.165, 1.54) is 63.4 Å². The molecule has 0 aromatic rings. The summed E-state index contributed by atoms with van der Waals surface area (Å²) in [5.41, 5.74) is 1.29. The van der Waals surface area contributed by atoms with Gasteiger partial charge in [-0.25, -0.2) is 0 Å². The first-order chi connectivity index (χ1) is 11.6. The lowest BCUT2D eigenvalue weighted by atomic mass is 9.84. The minimum atomic E-state index is 0.625. The maximum Gasteiger partial charge on any atom is 0.0681 e. The van der Waals surface area contributed by atoms with Gasteiger partial charge >= 0.3 is 0 Å². The molecule has 0 heterocycles. The van der Waals surface area contributed by atoms with Gasteiger partial charge in [-0.05, 0) is 49.0 Å². The number of ether oxygens (including phenoxy) is 1. The van der Waals surface area contributed by atoms with Crippen LogP contribution in [0.1, 0.15) is 85.5 Å². The van der Waals surface area contributed by atoms with Crippen molar-refractivity contribution in [3.63, 3.8) is 0 Å². The number of hydrogen-bond acceptors (Lipinski definition) is 1. The fraction of sp³-hybridized carbons (Fsp3) is 0.826. The van der Waals surface area contributed by atoms with Crippen LogP contribution in [-0.2, 0) is 4.74 Å². The van der Waals surface area contributed by atoms with Crippen LogP contribution in [0.5, 0.6) is 0 Å². The maximum absolute atomic E-state index is 5.69. The topological polar surface area (TPSA) is 9.23 Å². The van der Waals surface area contributed by atoms with Gasteiger partial charge in [0.15, 0.2) is 0 Å². The molecule has 1 fully saturated rings. The van der Waals surface area contributed by atoms with Crippen LogP contribution < -0.4 is 0 Å². The Morgan fingerprint density at radius 2 is 2.04 bits per heavy atom. The van der Waals surface area contributed by atoms with Gasteiger partial charge in [0.25, 0.3) is 0 Å². The SMILES string of the molecule is C=C(COCC=CC)C(CC)CC(C)CCC1CCCC(C)CC1. The lowest BCUT2D eigenvalue weighted by molar-refractivity contribution is 0.175. The van der Waals surface area contributed by atoms with Crippen LogP contribution in [0, 0.1) is 23.7 Å². The van der Waals surface area contributed by atoms with Crippen molar-refractivity contribution >= 4 is 0 Å². The van der Waals surface area contributed by atoms with Gasteiger partial charge in [-0.15, -0.1) is 0 Å². The number of allylic oxidation sites excluding steroid dienone is 1. The van der Waals surface area contributed by atoms with Crippen LogP contribution >= 0.6 is 0 Å². The zero-order chi connectivity index (χ0) is 17.8. The molecule has 24 heavy (non-hydrogen) atoms. The first kappa shape index (κ1) is 21.5. The second-order valence-corrected chi connectivity index (χ2v) is 8.25. The van der Waals surface area contributed by atoms with Crippen LogP contribution in [-0.4, -0.2) is 13.2 Å². The zero-order valence-corrected chi connectivity index (χ0v) is 16.9. The Labute approximate surface area is 151 Å². The summed E-state index contributed by atoms with van der Waals surface area (Å²) in [6, 6.07) is 0. The average molecular weight is 335 g/mol. The molecule has 4 atom stereocenters. The van der Waals surface area contributed by atoms with Gasteiger partial charge in [0.1, 0.15) is 0 Å². The van der Waals surface area contributed by atoms with Crippen molar-refractivity contribution in [2.24, 2.45) is 23.7 Å². The van der Waals surface area contributed by atoms with Crippen molar-refractivity contribution in [2.45, 2.75) is 85.5 Å². The van der Waals surface area contributed by atoms with Crippen molar-refractivity contribution in [2.75, 3.05) is 13.2 Å². The fourth-order valence-corrected chi connectivity index (χ4v) is 4.07. The molecule has 0 aliphatic heterocycles. The van der Waals surface area contributed by atoms with Crippen molar-refractivity contribution in [3.05, 3.63) is 24.3 Å². The van der Waals surface area contributed by atoms with E-state index in [0.717, 1.165) is 24.4 Å². The maximum atomic E-state index is 5.69. The predicted molar refractivity (Wildman–Crippen MR) is 107 cm³/mol. The highest BCUT2D eigenvalue weighted by Gasteiger charge is 2.19. The van der Waals surface area contributed by atoms with Crippen molar-refractivity contribution in [3.8, 4) is 0 Å². The first-order valence-electron chi connectivity index (χ1n) is 10.4. The molecule has 0 bridgehead atoms. The minimum Gasteiger partial charge on any atom is -0.373 e. The molecule has 0 spiro atoms. The fourth-order valence-electron chi connectivity index (χ4n) is 4.07. The Bertz CT molecular complexity index is 357. The molecule has 0 radical (unpaired) electrons. The largest absolute Gasteiger partial charge is 0.373 e. The third-order valence-corrected chi connectivity index (χ3v) is 5.94. The molecule has 1 aliphatic rings. The summed E-state index contributed by atoms with van der Waals surface area (Å²) in [5.74, 6) is 3.38. The van der Waals surface area contributed by atoms with Crippen molar-refractivity contribution in [1.29, 1.82) is 0 Å². The molecule has 1 heteroatoms. The van der Waals surface area contributed by atoms with E-state index in [4.69, 9.17) is 4.74 Å². The van der Waals surface area contributed by atoms with Crippen LogP contribution in [0.2, 0.25) is 0 Å². The minimum absolute atomic E-state index is 0.625. The third-order valence-electron chi connectivity index (χ3n) is 5.94. The van der Waals surface area contributed by atoms with Gasteiger partial charge in [-0.3, -0.25) is 0 Å². The summed E-state index contributed by atoms with van der Waals surface area (Å²) in [6.07, 6.45) is 16.7. The molecule has 0 amide bonds. The highest BCUT2D eigenvalue weighted by Crippen LogP contribution is 2.32. The molecule has 1 aliphatic carbocycles. The van der Waals surface area contributed by atoms with Crippen LogP contribution in [0.4, 0.5) is 0 Å². The summed E-state index contributed by atoms with van der Waals surface area (Å²) in [6.45, 7) is 14.9. The second-order valence-electron chi connectivity index (χ2n) is 8.25. The molecule has 1 nitrogen and oxygen atoms in total. The van der Waals surface area contributed by atoms with Crippen molar-refractivity contribution in [1.82, 2.24) is 0 Å². The number of rotatable bonds is 11. The summed E-state index contributed by atoms with van der Waals surface area (Å²) < 4.78 is 5.69. The Balaban J connectivity index is 2.27. The van der Waals surface area contributed by atoms with E-state index in [1.807, 2.05) is 13.0 Å². The third kappa shape index (κ3) is 9.06. The van der Waals surface area contributed by atoms with E-state index in [1.54, 1.807) is 0 Å². The van der Waals surface area contributed by atoms with Crippen LogP contribution in [0.25, 0.3) is 0 Å². The molecule has 140 valence electrons. The van der Waals surface area contributed by atoms with Crippen molar-refractivity contribution < 1.29 is 4.74 Å². The summed E-state index contributed by atoms with van der Waals surface area (Å²) in [4.78, 5) is 0. The van der Waals surface area contributed by atoms with Gasteiger partial charge in [0.05, 0.1) is 13.2 Å². The normalized spacial score (nSPS) is 24.7. The van der Waals surface area contributed by atoms with Gasteiger partial charge in [-0.2, -0.15) is 0 Å². The zero-order valence-electron chi connectivity index (χ0n) is 16.9. The first-order valence-corrected chi connectivity index (χ1v) is 10.4. The Kier molecular flexibility index (Phi) is 11.4. The van der Waals surface area contributed by atoms with E-state index in [2.05, 4.69) is 33.4 Å². The quantitative estimate of drug-likeness (QED) is 0.221. The van der Waals surface area contributed by atoms with Crippen LogP contribution in [0.15, 0.2) is 24.3 Å². The Morgan fingerprint density at radius 3 is 2.75 bits per heavy atom. The molecule has 0 aromatic heterocycles. The summed E-state index contributed by atoms with van der Waals surface area (Å²) in [5, 5.41) is 0. The van der Waals surface area contributed by atoms with E-state index in [0.29, 0.717) is 12.5 Å². The molecule has 0 N–H and O–H groups in total. The second kappa shape index (κ2) is 12.8. The van der Waals surface area contributed by atoms with E-state index in [-0.39, 0.29) is 0 Å². The Hall–Kier alpha value is -0.560. The van der Waals surface area contributed by atoms with Gasteiger partial charge in [-0.1, -0.05) is 84.4 Å². The van der Waals surface area contributed by atoms with E-state index >= 15 is 0 Å². The molecule has 0 saturated heterocycles. The highest BCUT2D eigenvalue weighted by atomic mass is 16.5. The predicted octanol–water partition coefficient (Wildman–Crippen LogP) is 7.18. The lowest BCUT2D eigenvalue weighted by Crippen LogP contribution is -2.13. The van der Waals surface area contributed by atoms with E-state index in [9.17, 15) is 0 Å². The average Bonchev–Trinajstić information content (AvgIpc) is 2.78. The van der Waals surface area contributed by atoms with Gasteiger partial charge in [0, 0.05) is 0 Å². The molecule has 4 unspecified atom stereocenters. The molecular formula is C23H42O. The Morgan fingerprint density at radius 1 is 1.25 bits per heavy atom. The smallest absolute Gasteiger partial charge is 0.0681 e. The van der Waals surface area contributed by atoms with Crippen LogP contribution in [0.3, 0.4) is 0 Å². The molecular weight excluding hydrogens is 292 g/mol. The standard InChI is InChI=1S/C23H42O/c1-6-8-16-24-18-21(5)23(7-2)17-20(4)13-15-22-11-9-10-19(3)12-14-22/h6,8,19-20,22-23H,5,7,9-18H2,1-4H3. The number of hydrogen-bond donors (Lipinski definition) is 0. The lowest BCUT2D eigenvalue weighted by Gasteiger charge is -2.23. The van der Waals surface area contributed by atoms with E-state index < -0.39 is 0 Å². The molecule has 0 aromatic carbocycles. The highest BCUT2D eigenvalue weighted by molar-refractivity contribution is 5.01. The van der Waals surface area contributed by atoms with Gasteiger partial charge < -0.3 is 4.74 Å².